The number of oxazole rings is 1. The zero-order valence-electron chi connectivity index (χ0n) is 8.49. The molecule has 0 aliphatic heterocycles. The summed E-state index contributed by atoms with van der Waals surface area (Å²) in [6.45, 7) is 2.23. The number of anilines is 1. The fourth-order valence-corrected chi connectivity index (χ4v) is 1.35. The molecule has 2 aromatic rings. The number of nitrogens with zero attached hydrogens (tertiary/aromatic N) is 1. The zero-order valence-corrected chi connectivity index (χ0v) is 8.49. The van der Waals surface area contributed by atoms with Crippen molar-refractivity contribution in [1.29, 1.82) is 0 Å². The van der Waals surface area contributed by atoms with E-state index in [1.807, 2.05) is 18.2 Å². The van der Waals surface area contributed by atoms with Crippen LogP contribution in [0.1, 0.15) is 13.3 Å². The molecule has 2 rings (SSSR count). The number of aromatic nitrogens is 1. The highest BCUT2D eigenvalue weighted by molar-refractivity contribution is 5.78. The Morgan fingerprint density at radius 1 is 1.53 bits per heavy atom. The first-order valence-electron chi connectivity index (χ1n) is 4.82. The molecule has 15 heavy (non-hydrogen) atoms. The number of carbonyl (C=O) groups excluding carboxylic acids is 1. The first-order valence-corrected chi connectivity index (χ1v) is 4.82. The average Bonchev–Trinajstić information content (AvgIpc) is 2.64. The Balaban J connectivity index is 2.04. The van der Waals surface area contributed by atoms with Gasteiger partial charge in [0.15, 0.2) is 12.0 Å². The van der Waals surface area contributed by atoms with Gasteiger partial charge in [-0.25, -0.2) is 4.98 Å². The molecule has 1 aromatic carbocycles. The van der Waals surface area contributed by atoms with Gasteiger partial charge < -0.3 is 9.73 Å². The van der Waals surface area contributed by atoms with Crippen LogP contribution in [0.2, 0.25) is 0 Å². The molecule has 1 heterocycles. The number of rotatable bonds is 4. The maximum Gasteiger partial charge on any atom is 0.181 e. The molecule has 0 radical (unpaired) electrons. The Labute approximate surface area is 87.3 Å². The second-order valence-corrected chi connectivity index (χ2v) is 3.41. The molecule has 78 valence electrons. The van der Waals surface area contributed by atoms with Gasteiger partial charge in [-0.05, 0) is 19.1 Å². The molecule has 0 saturated carbocycles. The van der Waals surface area contributed by atoms with Gasteiger partial charge in [-0.1, -0.05) is 0 Å². The van der Waals surface area contributed by atoms with Crippen molar-refractivity contribution in [3.63, 3.8) is 0 Å². The van der Waals surface area contributed by atoms with E-state index in [1.165, 1.54) is 6.39 Å². The van der Waals surface area contributed by atoms with Crippen LogP contribution in [0, 0.1) is 0 Å². The van der Waals surface area contributed by atoms with Crippen LogP contribution in [-0.2, 0) is 4.79 Å². The lowest BCUT2D eigenvalue weighted by atomic mass is 10.2. The first-order chi connectivity index (χ1) is 7.25. The van der Waals surface area contributed by atoms with E-state index < -0.39 is 0 Å². The third-order valence-corrected chi connectivity index (χ3v) is 2.14. The van der Waals surface area contributed by atoms with E-state index in [0.29, 0.717) is 13.0 Å². The van der Waals surface area contributed by atoms with Gasteiger partial charge in [-0.3, -0.25) is 4.79 Å². The minimum atomic E-state index is 0.184. The summed E-state index contributed by atoms with van der Waals surface area (Å²) in [5.74, 6) is 0.184. The number of fused-ring (bicyclic) bond motifs is 1. The van der Waals surface area contributed by atoms with Crippen molar-refractivity contribution in [2.75, 3.05) is 11.9 Å². The lowest BCUT2D eigenvalue weighted by molar-refractivity contribution is -0.116. The lowest BCUT2D eigenvalue weighted by Gasteiger charge is -2.03. The van der Waals surface area contributed by atoms with Crippen LogP contribution in [0.15, 0.2) is 29.0 Å². The molecule has 1 aromatic heterocycles. The quantitative estimate of drug-likeness (QED) is 0.829. The van der Waals surface area contributed by atoms with Crippen LogP contribution in [0.4, 0.5) is 5.69 Å². The summed E-state index contributed by atoms with van der Waals surface area (Å²) in [6.07, 6.45) is 1.96. The molecule has 4 heteroatoms. The van der Waals surface area contributed by atoms with E-state index in [-0.39, 0.29) is 5.78 Å². The normalized spacial score (nSPS) is 10.5. The van der Waals surface area contributed by atoms with Gasteiger partial charge in [-0.2, -0.15) is 0 Å². The van der Waals surface area contributed by atoms with Gasteiger partial charge in [0.05, 0.1) is 0 Å². The second-order valence-electron chi connectivity index (χ2n) is 3.41. The van der Waals surface area contributed by atoms with Gasteiger partial charge in [0.25, 0.3) is 0 Å². The van der Waals surface area contributed by atoms with E-state index in [0.717, 1.165) is 16.8 Å². The molecule has 0 fully saturated rings. The molecule has 1 N–H and O–H groups in total. The molecule has 0 atom stereocenters. The van der Waals surface area contributed by atoms with E-state index in [1.54, 1.807) is 6.92 Å². The molecule has 0 spiro atoms. The van der Waals surface area contributed by atoms with E-state index in [2.05, 4.69) is 10.3 Å². The highest BCUT2D eigenvalue weighted by Gasteiger charge is 2.00. The van der Waals surface area contributed by atoms with Crippen LogP contribution in [-0.4, -0.2) is 17.3 Å². The molecule has 0 unspecified atom stereocenters. The standard InChI is InChI=1S/C11H12N2O2/c1-8(14)4-5-12-9-2-3-10-11(6-9)15-7-13-10/h2-3,6-7,12H,4-5H2,1H3. The van der Waals surface area contributed by atoms with Gasteiger partial charge in [0.2, 0.25) is 0 Å². The highest BCUT2D eigenvalue weighted by Crippen LogP contribution is 2.17. The van der Waals surface area contributed by atoms with Crippen LogP contribution in [0.25, 0.3) is 11.1 Å². The Kier molecular flexibility index (Phi) is 2.67. The van der Waals surface area contributed by atoms with E-state index >= 15 is 0 Å². The van der Waals surface area contributed by atoms with Crippen molar-refractivity contribution >= 4 is 22.6 Å². The summed E-state index contributed by atoms with van der Waals surface area (Å²) in [4.78, 5) is 14.8. The van der Waals surface area contributed by atoms with Crippen molar-refractivity contribution in [3.8, 4) is 0 Å². The van der Waals surface area contributed by atoms with Crippen LogP contribution in [0.5, 0.6) is 0 Å². The minimum absolute atomic E-state index is 0.184. The van der Waals surface area contributed by atoms with Gasteiger partial charge in [-0.15, -0.1) is 0 Å². The van der Waals surface area contributed by atoms with Crippen molar-refractivity contribution in [1.82, 2.24) is 4.98 Å². The summed E-state index contributed by atoms with van der Waals surface area (Å²) in [5, 5.41) is 3.15. The van der Waals surface area contributed by atoms with E-state index in [4.69, 9.17) is 4.42 Å². The van der Waals surface area contributed by atoms with Crippen LogP contribution in [0.3, 0.4) is 0 Å². The predicted octanol–water partition coefficient (Wildman–Crippen LogP) is 2.22. The number of ketones is 1. The molecule has 0 saturated heterocycles. The fourth-order valence-electron chi connectivity index (χ4n) is 1.35. The van der Waals surface area contributed by atoms with Gasteiger partial charge in [0.1, 0.15) is 11.3 Å². The number of hydrogen-bond donors (Lipinski definition) is 1. The molecule has 0 bridgehead atoms. The van der Waals surface area contributed by atoms with Crippen molar-refractivity contribution in [3.05, 3.63) is 24.6 Å². The monoisotopic (exact) mass is 204 g/mol. The molecule has 0 amide bonds. The first kappa shape index (κ1) is 9.71. The number of Topliss-reactive ketones (excluding diaryl/α,β-unsaturated/α-hetero) is 1. The summed E-state index contributed by atoms with van der Waals surface area (Å²) in [6, 6.07) is 5.68. The van der Waals surface area contributed by atoms with Gasteiger partial charge in [0, 0.05) is 24.7 Å². The Bertz CT molecular complexity index is 476. The Morgan fingerprint density at radius 3 is 3.20 bits per heavy atom. The third-order valence-electron chi connectivity index (χ3n) is 2.14. The highest BCUT2D eigenvalue weighted by atomic mass is 16.3. The summed E-state index contributed by atoms with van der Waals surface area (Å²) in [7, 11) is 0. The van der Waals surface area contributed by atoms with E-state index in [9.17, 15) is 4.79 Å². The number of carbonyl (C=O) groups is 1. The maximum absolute atomic E-state index is 10.7. The number of hydrogen-bond acceptors (Lipinski definition) is 4. The SMILES string of the molecule is CC(=O)CCNc1ccc2ncoc2c1. The topological polar surface area (TPSA) is 55.1 Å². The van der Waals surface area contributed by atoms with Crippen molar-refractivity contribution in [2.24, 2.45) is 0 Å². The summed E-state index contributed by atoms with van der Waals surface area (Å²) >= 11 is 0. The van der Waals surface area contributed by atoms with Crippen molar-refractivity contribution < 1.29 is 9.21 Å². The predicted molar refractivity (Wildman–Crippen MR) is 57.8 cm³/mol. The van der Waals surface area contributed by atoms with Crippen LogP contribution < -0.4 is 5.32 Å². The smallest absolute Gasteiger partial charge is 0.181 e. The largest absolute Gasteiger partial charge is 0.443 e. The Morgan fingerprint density at radius 2 is 2.40 bits per heavy atom. The summed E-state index contributed by atoms with van der Waals surface area (Å²) in [5.41, 5.74) is 2.54. The molecular weight excluding hydrogens is 192 g/mol. The van der Waals surface area contributed by atoms with Crippen LogP contribution >= 0.6 is 0 Å². The number of nitrogens with one attached hydrogen (secondary N) is 1. The second kappa shape index (κ2) is 4.13. The minimum Gasteiger partial charge on any atom is -0.443 e. The molecule has 4 nitrogen and oxygen atoms in total. The third kappa shape index (κ3) is 2.34. The average molecular weight is 204 g/mol. The zero-order chi connectivity index (χ0) is 10.7. The number of benzene rings is 1. The fraction of sp³-hybridized carbons (Fsp3) is 0.273. The van der Waals surface area contributed by atoms with Crippen molar-refractivity contribution in [2.45, 2.75) is 13.3 Å². The maximum atomic E-state index is 10.7. The Hall–Kier alpha value is -1.84. The molecular formula is C11H12N2O2. The van der Waals surface area contributed by atoms with Gasteiger partial charge >= 0.3 is 0 Å². The molecule has 0 aliphatic rings. The lowest BCUT2D eigenvalue weighted by Crippen LogP contribution is -2.05. The summed E-state index contributed by atoms with van der Waals surface area (Å²) < 4.78 is 5.17. The molecule has 0 aliphatic carbocycles.